The molecule has 1 saturated heterocycles. The van der Waals surface area contributed by atoms with Gasteiger partial charge in [0.15, 0.2) is 0 Å². The predicted octanol–water partition coefficient (Wildman–Crippen LogP) is 1.75. The first-order valence-corrected chi connectivity index (χ1v) is 5.49. The van der Waals surface area contributed by atoms with E-state index >= 15 is 0 Å². The molecule has 0 bridgehead atoms. The van der Waals surface area contributed by atoms with Gasteiger partial charge < -0.3 is 10.2 Å². The molecule has 86 valence electrons. The molecule has 0 aliphatic carbocycles. The zero-order valence-corrected chi connectivity index (χ0v) is 9.44. The van der Waals surface area contributed by atoms with E-state index in [2.05, 4.69) is 10.4 Å². The van der Waals surface area contributed by atoms with Crippen LogP contribution in [0.3, 0.4) is 0 Å². The van der Waals surface area contributed by atoms with Gasteiger partial charge in [0.1, 0.15) is 11.4 Å². The van der Waals surface area contributed by atoms with Crippen LogP contribution in [0.4, 0.5) is 5.69 Å². The minimum absolute atomic E-state index is 0.370. The average Bonchev–Trinajstić information content (AvgIpc) is 2.75. The van der Waals surface area contributed by atoms with Gasteiger partial charge in [-0.25, -0.2) is 10.8 Å². The molecule has 0 spiro atoms. The SMILES string of the molecule is CC1(C(=Nc2ccccc2)NN)CCCO1. The zero-order chi connectivity index (χ0) is 11.4. The lowest BCUT2D eigenvalue weighted by atomic mass is 10.0. The molecule has 1 aliphatic rings. The average molecular weight is 219 g/mol. The maximum absolute atomic E-state index is 5.69. The summed E-state index contributed by atoms with van der Waals surface area (Å²) in [7, 11) is 0. The fourth-order valence-corrected chi connectivity index (χ4v) is 1.90. The maximum atomic E-state index is 5.69. The van der Waals surface area contributed by atoms with Crippen molar-refractivity contribution >= 4 is 11.5 Å². The second-order valence-corrected chi connectivity index (χ2v) is 4.12. The van der Waals surface area contributed by atoms with Crippen molar-refractivity contribution in [2.45, 2.75) is 25.4 Å². The predicted molar refractivity (Wildman–Crippen MR) is 64.5 cm³/mol. The van der Waals surface area contributed by atoms with Crippen molar-refractivity contribution in [2.24, 2.45) is 10.8 Å². The second kappa shape index (κ2) is 4.63. The summed E-state index contributed by atoms with van der Waals surface area (Å²) in [5.74, 6) is 6.22. The minimum atomic E-state index is -0.370. The van der Waals surface area contributed by atoms with E-state index in [9.17, 15) is 0 Å². The van der Waals surface area contributed by atoms with Crippen LogP contribution in [0.5, 0.6) is 0 Å². The normalized spacial score (nSPS) is 25.8. The molecular formula is C12H17N3O. The van der Waals surface area contributed by atoms with Crippen LogP contribution in [0, 0.1) is 0 Å². The third kappa shape index (κ3) is 2.23. The molecule has 0 amide bonds. The molecule has 2 rings (SSSR count). The summed E-state index contributed by atoms with van der Waals surface area (Å²) in [4.78, 5) is 4.49. The quantitative estimate of drug-likeness (QED) is 0.345. The number of nitrogens with two attached hydrogens (primary N) is 1. The highest BCUT2D eigenvalue weighted by molar-refractivity contribution is 5.92. The number of benzene rings is 1. The van der Waals surface area contributed by atoms with E-state index in [0.717, 1.165) is 25.1 Å². The molecular weight excluding hydrogens is 202 g/mol. The highest BCUT2D eigenvalue weighted by Crippen LogP contribution is 2.27. The fourth-order valence-electron chi connectivity index (χ4n) is 1.90. The number of aliphatic imine (C=N–C) groups is 1. The lowest BCUT2D eigenvalue weighted by molar-refractivity contribution is 0.0748. The van der Waals surface area contributed by atoms with Gasteiger partial charge in [-0.15, -0.1) is 0 Å². The van der Waals surface area contributed by atoms with Gasteiger partial charge in [0.2, 0.25) is 0 Å². The molecule has 1 aliphatic heterocycles. The van der Waals surface area contributed by atoms with Crippen molar-refractivity contribution in [3.05, 3.63) is 30.3 Å². The number of para-hydroxylation sites is 1. The monoisotopic (exact) mass is 219 g/mol. The molecule has 0 saturated carbocycles. The van der Waals surface area contributed by atoms with Crippen molar-refractivity contribution in [1.82, 2.24) is 5.43 Å². The molecule has 4 heteroatoms. The Labute approximate surface area is 95.5 Å². The lowest BCUT2D eigenvalue weighted by Gasteiger charge is -2.24. The van der Waals surface area contributed by atoms with Crippen molar-refractivity contribution in [2.75, 3.05) is 6.61 Å². The maximum Gasteiger partial charge on any atom is 0.148 e. The van der Waals surface area contributed by atoms with Crippen molar-refractivity contribution < 1.29 is 4.74 Å². The van der Waals surface area contributed by atoms with E-state index in [1.807, 2.05) is 37.3 Å². The number of nitrogens with one attached hydrogen (secondary N) is 1. The molecule has 16 heavy (non-hydrogen) atoms. The first-order valence-electron chi connectivity index (χ1n) is 5.49. The minimum Gasteiger partial charge on any atom is -0.367 e. The Morgan fingerprint density at radius 2 is 2.19 bits per heavy atom. The van der Waals surface area contributed by atoms with Gasteiger partial charge in [-0.2, -0.15) is 0 Å². The Kier molecular flexibility index (Phi) is 3.22. The summed E-state index contributed by atoms with van der Waals surface area (Å²) >= 11 is 0. The van der Waals surface area contributed by atoms with Gasteiger partial charge in [-0.1, -0.05) is 18.2 Å². The van der Waals surface area contributed by atoms with Crippen LogP contribution in [0.2, 0.25) is 0 Å². The summed E-state index contributed by atoms with van der Waals surface area (Å²) in [5, 5.41) is 0. The fraction of sp³-hybridized carbons (Fsp3) is 0.417. The van der Waals surface area contributed by atoms with Crippen LogP contribution in [0.1, 0.15) is 19.8 Å². The number of rotatable bonds is 2. The molecule has 1 fully saturated rings. The van der Waals surface area contributed by atoms with Crippen LogP contribution in [0.15, 0.2) is 35.3 Å². The number of amidine groups is 1. The first kappa shape index (κ1) is 11.1. The zero-order valence-electron chi connectivity index (χ0n) is 9.44. The van der Waals surface area contributed by atoms with Crippen LogP contribution in [-0.2, 0) is 4.74 Å². The molecule has 0 aromatic heterocycles. The van der Waals surface area contributed by atoms with E-state index in [0.29, 0.717) is 5.84 Å². The topological polar surface area (TPSA) is 59.6 Å². The number of ether oxygens (including phenoxy) is 1. The summed E-state index contributed by atoms with van der Waals surface area (Å²) in [6, 6.07) is 9.74. The van der Waals surface area contributed by atoms with Crippen molar-refractivity contribution in [1.29, 1.82) is 0 Å². The smallest absolute Gasteiger partial charge is 0.148 e. The number of nitrogens with zero attached hydrogens (tertiary/aromatic N) is 1. The molecule has 3 N–H and O–H groups in total. The van der Waals surface area contributed by atoms with E-state index < -0.39 is 0 Å². The van der Waals surface area contributed by atoms with E-state index in [-0.39, 0.29) is 5.60 Å². The molecule has 1 aromatic rings. The number of hydrazine groups is 1. The van der Waals surface area contributed by atoms with Gasteiger partial charge >= 0.3 is 0 Å². The molecule has 1 atom stereocenters. The molecule has 1 aromatic carbocycles. The third-order valence-corrected chi connectivity index (χ3v) is 2.85. The molecule has 4 nitrogen and oxygen atoms in total. The molecule has 0 radical (unpaired) electrons. The van der Waals surface area contributed by atoms with Crippen molar-refractivity contribution in [3.8, 4) is 0 Å². The second-order valence-electron chi connectivity index (χ2n) is 4.12. The van der Waals surface area contributed by atoms with Crippen LogP contribution in [0.25, 0.3) is 0 Å². The van der Waals surface area contributed by atoms with Crippen LogP contribution >= 0.6 is 0 Å². The summed E-state index contributed by atoms with van der Waals surface area (Å²) in [6.45, 7) is 2.79. The highest BCUT2D eigenvalue weighted by atomic mass is 16.5. The van der Waals surface area contributed by atoms with E-state index in [4.69, 9.17) is 10.6 Å². The number of hydrogen-bond donors (Lipinski definition) is 2. The largest absolute Gasteiger partial charge is 0.367 e. The lowest BCUT2D eigenvalue weighted by Crippen LogP contribution is -2.47. The Morgan fingerprint density at radius 1 is 1.44 bits per heavy atom. The van der Waals surface area contributed by atoms with Gasteiger partial charge in [-0.05, 0) is 31.9 Å². The van der Waals surface area contributed by atoms with Crippen LogP contribution < -0.4 is 11.3 Å². The Balaban J connectivity index is 2.25. The first-order chi connectivity index (χ1) is 7.74. The summed E-state index contributed by atoms with van der Waals surface area (Å²) in [6.07, 6.45) is 1.99. The molecule has 1 unspecified atom stereocenters. The van der Waals surface area contributed by atoms with Crippen LogP contribution in [-0.4, -0.2) is 18.0 Å². The summed E-state index contributed by atoms with van der Waals surface area (Å²) < 4.78 is 5.69. The Hall–Kier alpha value is -1.39. The van der Waals surface area contributed by atoms with E-state index in [1.54, 1.807) is 0 Å². The van der Waals surface area contributed by atoms with Gasteiger partial charge in [0, 0.05) is 6.61 Å². The Bertz CT molecular complexity index is 369. The highest BCUT2D eigenvalue weighted by Gasteiger charge is 2.35. The Morgan fingerprint density at radius 3 is 2.75 bits per heavy atom. The summed E-state index contributed by atoms with van der Waals surface area (Å²) in [5.41, 5.74) is 3.17. The van der Waals surface area contributed by atoms with Gasteiger partial charge in [0.25, 0.3) is 0 Å². The van der Waals surface area contributed by atoms with Gasteiger partial charge in [-0.3, -0.25) is 0 Å². The van der Waals surface area contributed by atoms with Crippen molar-refractivity contribution in [3.63, 3.8) is 0 Å². The van der Waals surface area contributed by atoms with Gasteiger partial charge in [0.05, 0.1) is 5.69 Å². The van der Waals surface area contributed by atoms with E-state index in [1.165, 1.54) is 0 Å². The standard InChI is InChI=1S/C12H17N3O/c1-12(8-5-9-16-12)11(15-13)14-10-6-3-2-4-7-10/h2-4,6-7H,5,8-9,13H2,1H3,(H,14,15). The number of hydrogen-bond acceptors (Lipinski definition) is 3. The third-order valence-electron chi connectivity index (χ3n) is 2.85. The molecule has 1 heterocycles.